The molecule has 0 saturated carbocycles. The van der Waals surface area contributed by atoms with Crippen molar-refractivity contribution >= 4 is 45.0 Å². The fraction of sp³-hybridized carbons (Fsp3) is 0.120. The summed E-state index contributed by atoms with van der Waals surface area (Å²) in [4.78, 5) is 25.5. The summed E-state index contributed by atoms with van der Waals surface area (Å²) < 4.78 is 5.16. The average molecular weight is 433 g/mol. The first-order valence-electron chi connectivity index (χ1n) is 9.81. The van der Waals surface area contributed by atoms with Gasteiger partial charge in [0.15, 0.2) is 0 Å². The van der Waals surface area contributed by atoms with Crippen molar-refractivity contribution in [3.63, 3.8) is 0 Å². The lowest BCUT2D eigenvalue weighted by molar-refractivity contribution is -0.119. The number of methoxy groups -OCH3 is 1. The Bertz CT molecular complexity index is 1250. The first-order valence-corrected chi connectivity index (χ1v) is 10.2. The standard InChI is InChI=1S/C25H21ClN2O3/c1-31-22-11-10-15(12-20(22)26)13-21(24(27)29)28-25(30)23-18-8-4-2-6-16(18)14-17-7-3-5-9-19(17)23/h2-12,14,21H,13H2,1H3,(H2,27,29)(H,28,30)/t21-/m0/s1. The van der Waals surface area contributed by atoms with Gasteiger partial charge in [-0.1, -0.05) is 66.2 Å². The van der Waals surface area contributed by atoms with Crippen molar-refractivity contribution in [3.05, 3.63) is 88.9 Å². The van der Waals surface area contributed by atoms with Crippen LogP contribution in [-0.2, 0) is 11.2 Å². The van der Waals surface area contributed by atoms with Gasteiger partial charge < -0.3 is 15.8 Å². The summed E-state index contributed by atoms with van der Waals surface area (Å²) in [6.07, 6.45) is 0.216. The molecule has 1 atom stereocenters. The van der Waals surface area contributed by atoms with Gasteiger partial charge in [-0.2, -0.15) is 0 Å². The van der Waals surface area contributed by atoms with Crippen LogP contribution in [0, 0.1) is 0 Å². The molecule has 0 fully saturated rings. The van der Waals surface area contributed by atoms with Crippen molar-refractivity contribution in [3.8, 4) is 5.75 Å². The van der Waals surface area contributed by atoms with Gasteiger partial charge in [0.2, 0.25) is 5.91 Å². The van der Waals surface area contributed by atoms with E-state index < -0.39 is 11.9 Å². The number of halogens is 1. The van der Waals surface area contributed by atoms with Crippen LogP contribution in [0.3, 0.4) is 0 Å². The quantitative estimate of drug-likeness (QED) is 0.441. The van der Waals surface area contributed by atoms with Gasteiger partial charge in [-0.25, -0.2) is 0 Å². The fourth-order valence-corrected chi connectivity index (χ4v) is 4.06. The average Bonchev–Trinajstić information content (AvgIpc) is 2.77. The molecular weight excluding hydrogens is 412 g/mol. The van der Waals surface area contributed by atoms with E-state index in [0.717, 1.165) is 27.1 Å². The van der Waals surface area contributed by atoms with Gasteiger partial charge in [-0.05, 0) is 45.3 Å². The topological polar surface area (TPSA) is 81.4 Å². The third-order valence-corrected chi connectivity index (χ3v) is 5.60. The molecule has 0 heterocycles. The molecule has 5 nitrogen and oxygen atoms in total. The number of rotatable bonds is 6. The molecule has 6 heteroatoms. The summed E-state index contributed by atoms with van der Waals surface area (Å²) in [7, 11) is 1.53. The Morgan fingerprint density at radius 3 is 2.13 bits per heavy atom. The second-order valence-corrected chi connectivity index (χ2v) is 7.70. The molecule has 0 aliphatic carbocycles. The molecule has 0 radical (unpaired) electrons. The Hall–Kier alpha value is -3.57. The molecule has 4 aromatic rings. The van der Waals surface area contributed by atoms with Crippen LogP contribution in [0.2, 0.25) is 5.02 Å². The minimum atomic E-state index is -0.894. The van der Waals surface area contributed by atoms with Crippen molar-refractivity contribution in [1.82, 2.24) is 5.32 Å². The minimum absolute atomic E-state index is 0.216. The van der Waals surface area contributed by atoms with Crippen LogP contribution in [-0.4, -0.2) is 25.0 Å². The number of carbonyl (C=O) groups is 2. The number of ether oxygens (including phenoxy) is 1. The van der Waals surface area contributed by atoms with E-state index in [0.29, 0.717) is 16.3 Å². The Balaban J connectivity index is 1.70. The maximum absolute atomic E-state index is 13.4. The van der Waals surface area contributed by atoms with E-state index in [1.165, 1.54) is 7.11 Å². The Labute approximate surface area is 184 Å². The van der Waals surface area contributed by atoms with Crippen molar-refractivity contribution in [1.29, 1.82) is 0 Å². The minimum Gasteiger partial charge on any atom is -0.495 e. The van der Waals surface area contributed by atoms with E-state index in [9.17, 15) is 9.59 Å². The van der Waals surface area contributed by atoms with E-state index >= 15 is 0 Å². The summed E-state index contributed by atoms with van der Waals surface area (Å²) >= 11 is 6.20. The number of nitrogens with one attached hydrogen (secondary N) is 1. The molecule has 2 amide bonds. The van der Waals surface area contributed by atoms with Crippen molar-refractivity contribution < 1.29 is 14.3 Å². The predicted molar refractivity (Wildman–Crippen MR) is 124 cm³/mol. The first kappa shape index (κ1) is 20.7. The lowest BCUT2D eigenvalue weighted by atomic mass is 9.95. The number of hydrogen-bond donors (Lipinski definition) is 2. The van der Waals surface area contributed by atoms with Gasteiger partial charge >= 0.3 is 0 Å². The van der Waals surface area contributed by atoms with Crippen LogP contribution in [0.15, 0.2) is 72.8 Å². The maximum Gasteiger partial charge on any atom is 0.253 e. The van der Waals surface area contributed by atoms with Gasteiger partial charge in [-0.15, -0.1) is 0 Å². The number of fused-ring (bicyclic) bond motifs is 2. The molecule has 156 valence electrons. The highest BCUT2D eigenvalue weighted by Crippen LogP contribution is 2.29. The molecule has 4 rings (SSSR count). The van der Waals surface area contributed by atoms with E-state index in [2.05, 4.69) is 5.32 Å². The van der Waals surface area contributed by atoms with E-state index in [-0.39, 0.29) is 12.3 Å². The zero-order chi connectivity index (χ0) is 22.0. The third-order valence-electron chi connectivity index (χ3n) is 5.30. The second-order valence-electron chi connectivity index (χ2n) is 7.30. The SMILES string of the molecule is COc1ccc(C[C@H](NC(=O)c2c3ccccc3cc3ccccc23)C(N)=O)cc1Cl. The first-order chi connectivity index (χ1) is 15.0. The molecule has 3 N–H and O–H groups in total. The zero-order valence-corrected chi connectivity index (χ0v) is 17.6. The van der Waals surface area contributed by atoms with Crippen LogP contribution in [0.1, 0.15) is 15.9 Å². The van der Waals surface area contributed by atoms with Crippen LogP contribution in [0.4, 0.5) is 0 Å². The molecular formula is C25H21ClN2O3. The van der Waals surface area contributed by atoms with Crippen LogP contribution < -0.4 is 15.8 Å². The van der Waals surface area contributed by atoms with Gasteiger partial charge in [0.1, 0.15) is 11.8 Å². The molecule has 0 aliphatic heterocycles. The lowest BCUT2D eigenvalue weighted by Gasteiger charge is -2.18. The summed E-state index contributed by atoms with van der Waals surface area (Å²) in [6, 6.07) is 21.7. The van der Waals surface area contributed by atoms with Gasteiger partial charge in [0.25, 0.3) is 5.91 Å². The number of nitrogens with two attached hydrogens (primary N) is 1. The molecule has 0 saturated heterocycles. The molecule has 0 spiro atoms. The number of carbonyl (C=O) groups excluding carboxylic acids is 2. The van der Waals surface area contributed by atoms with E-state index in [1.54, 1.807) is 18.2 Å². The maximum atomic E-state index is 13.4. The molecule has 31 heavy (non-hydrogen) atoms. The van der Waals surface area contributed by atoms with Crippen molar-refractivity contribution in [2.24, 2.45) is 5.73 Å². The van der Waals surface area contributed by atoms with Crippen molar-refractivity contribution in [2.45, 2.75) is 12.5 Å². The van der Waals surface area contributed by atoms with Gasteiger partial charge in [0.05, 0.1) is 17.7 Å². The summed E-state index contributed by atoms with van der Waals surface area (Å²) in [5.41, 5.74) is 6.90. The van der Waals surface area contributed by atoms with Crippen LogP contribution in [0.5, 0.6) is 5.75 Å². The predicted octanol–water partition coefficient (Wildman–Crippen LogP) is 4.48. The second kappa shape index (κ2) is 8.66. The summed E-state index contributed by atoms with van der Waals surface area (Å²) in [5.74, 6) is -0.437. The normalized spacial score (nSPS) is 11.9. The molecule has 0 unspecified atom stereocenters. The zero-order valence-electron chi connectivity index (χ0n) is 16.9. The fourth-order valence-electron chi connectivity index (χ4n) is 3.78. The van der Waals surface area contributed by atoms with Crippen molar-refractivity contribution in [2.75, 3.05) is 7.11 Å². The highest BCUT2D eigenvalue weighted by molar-refractivity contribution is 6.32. The number of hydrogen-bond acceptors (Lipinski definition) is 3. The smallest absolute Gasteiger partial charge is 0.253 e. The molecule has 0 aliphatic rings. The Morgan fingerprint density at radius 1 is 0.968 bits per heavy atom. The molecule has 0 aromatic heterocycles. The molecule has 4 aromatic carbocycles. The van der Waals surface area contributed by atoms with E-state index in [1.807, 2.05) is 54.6 Å². The van der Waals surface area contributed by atoms with Crippen LogP contribution >= 0.6 is 11.6 Å². The van der Waals surface area contributed by atoms with E-state index in [4.69, 9.17) is 22.1 Å². The highest BCUT2D eigenvalue weighted by Gasteiger charge is 2.22. The monoisotopic (exact) mass is 432 g/mol. The number of amides is 2. The summed E-state index contributed by atoms with van der Waals surface area (Å²) in [6.45, 7) is 0. The van der Waals surface area contributed by atoms with Crippen LogP contribution in [0.25, 0.3) is 21.5 Å². The third kappa shape index (κ3) is 4.18. The van der Waals surface area contributed by atoms with Gasteiger partial charge in [-0.3, -0.25) is 9.59 Å². The molecule has 0 bridgehead atoms. The Morgan fingerprint density at radius 2 is 1.58 bits per heavy atom. The number of benzene rings is 4. The highest BCUT2D eigenvalue weighted by atomic mass is 35.5. The number of primary amides is 1. The summed E-state index contributed by atoms with van der Waals surface area (Å²) in [5, 5.41) is 6.78. The largest absolute Gasteiger partial charge is 0.495 e. The lowest BCUT2D eigenvalue weighted by Crippen LogP contribution is -2.46. The van der Waals surface area contributed by atoms with Gasteiger partial charge in [0, 0.05) is 6.42 Å². The Kier molecular flexibility index (Phi) is 5.78.